The highest BCUT2D eigenvalue weighted by molar-refractivity contribution is 6.31. The van der Waals surface area contributed by atoms with Gasteiger partial charge in [-0.1, -0.05) is 72.3 Å². The van der Waals surface area contributed by atoms with Crippen molar-refractivity contribution in [2.45, 2.75) is 12.8 Å². The van der Waals surface area contributed by atoms with Crippen LogP contribution in [0.25, 0.3) is 10.9 Å². The highest BCUT2D eigenvalue weighted by Crippen LogP contribution is 2.26. The van der Waals surface area contributed by atoms with Gasteiger partial charge in [0.2, 0.25) is 0 Å². The third kappa shape index (κ3) is 4.02. The van der Waals surface area contributed by atoms with Gasteiger partial charge in [0.25, 0.3) is 0 Å². The summed E-state index contributed by atoms with van der Waals surface area (Å²) in [7, 11) is 0. The molecule has 0 aliphatic heterocycles. The molecule has 1 atom stereocenters. The average Bonchev–Trinajstić information content (AvgIpc) is 3.14. The lowest BCUT2D eigenvalue weighted by molar-refractivity contribution is 0.134. The lowest BCUT2D eigenvalue weighted by Crippen LogP contribution is -2.33. The third-order valence-corrected chi connectivity index (χ3v) is 4.78. The van der Waals surface area contributed by atoms with E-state index in [0.29, 0.717) is 5.02 Å². The summed E-state index contributed by atoms with van der Waals surface area (Å²) >= 11 is 6.11. The molecule has 4 nitrogen and oxygen atoms in total. The Kier molecular flexibility index (Phi) is 5.31. The van der Waals surface area contributed by atoms with E-state index >= 15 is 0 Å². The molecule has 5 heteroatoms. The van der Waals surface area contributed by atoms with Gasteiger partial charge >= 0.3 is 6.09 Å². The second kappa shape index (κ2) is 8.19. The Morgan fingerprint density at radius 3 is 2.43 bits per heavy atom. The van der Waals surface area contributed by atoms with Gasteiger partial charge in [-0.25, -0.2) is 4.79 Å². The molecule has 0 spiro atoms. The van der Waals surface area contributed by atoms with Crippen molar-refractivity contribution in [2.75, 3.05) is 0 Å². The van der Waals surface area contributed by atoms with Crippen LogP contribution in [0.5, 0.6) is 0 Å². The van der Waals surface area contributed by atoms with Crippen molar-refractivity contribution in [3.05, 3.63) is 107 Å². The monoisotopic (exact) mass is 390 g/mol. The zero-order valence-corrected chi connectivity index (χ0v) is 15.8. The summed E-state index contributed by atoms with van der Waals surface area (Å²) in [6.07, 6.45) is 1.06. The Morgan fingerprint density at radius 1 is 0.964 bits per heavy atom. The largest absolute Gasteiger partial charge is 0.445 e. The van der Waals surface area contributed by atoms with Crippen LogP contribution in [0.2, 0.25) is 5.02 Å². The molecule has 4 rings (SSSR count). The third-order valence-electron chi connectivity index (χ3n) is 4.54. The number of carbonyl (C=O) groups is 1. The second-order valence-corrected chi connectivity index (χ2v) is 6.88. The molecule has 1 N–H and O–H groups in total. The van der Waals surface area contributed by atoms with Crippen molar-refractivity contribution in [1.29, 1.82) is 0 Å². The fourth-order valence-corrected chi connectivity index (χ4v) is 3.37. The number of halogens is 1. The van der Waals surface area contributed by atoms with Crippen LogP contribution in [0.15, 0.2) is 91.1 Å². The molecule has 28 heavy (non-hydrogen) atoms. The molecule has 1 heterocycles. The molecule has 1 unspecified atom stereocenters. The number of ether oxygens (including phenoxy) is 1. The lowest BCUT2D eigenvalue weighted by Gasteiger charge is -2.22. The molecule has 0 aliphatic rings. The molecule has 0 saturated heterocycles. The van der Waals surface area contributed by atoms with Gasteiger partial charge in [-0.2, -0.15) is 0 Å². The molecule has 3 aromatic carbocycles. The minimum atomic E-state index is -0.478. The molecule has 0 aliphatic carbocycles. The van der Waals surface area contributed by atoms with Gasteiger partial charge in [0, 0.05) is 16.6 Å². The van der Waals surface area contributed by atoms with Crippen LogP contribution >= 0.6 is 11.6 Å². The minimum Gasteiger partial charge on any atom is -0.445 e. The second-order valence-electron chi connectivity index (χ2n) is 6.45. The Bertz CT molecular complexity index is 1080. The van der Waals surface area contributed by atoms with Gasteiger partial charge in [0.15, 0.2) is 0 Å². The first kappa shape index (κ1) is 18.1. The van der Waals surface area contributed by atoms with Crippen LogP contribution in [0.3, 0.4) is 0 Å². The molecular weight excluding hydrogens is 372 g/mol. The molecule has 4 aromatic rings. The minimum absolute atomic E-state index is 0.218. The van der Waals surface area contributed by atoms with Gasteiger partial charge in [0.1, 0.15) is 12.8 Å². The first-order chi connectivity index (χ1) is 13.7. The average molecular weight is 391 g/mol. The maximum absolute atomic E-state index is 12.5. The standard InChI is InChI=1S/C23H19ClN2O2/c24-20-11-12-21-19(15-20)13-14-26(21)22(18-9-5-2-6-10-18)25-23(27)28-16-17-7-3-1-4-8-17/h1-15,22H,16H2,(H,25,27). The number of alkyl carbamates (subject to hydrolysis) is 1. The molecule has 0 radical (unpaired) electrons. The van der Waals surface area contributed by atoms with Crippen molar-refractivity contribution in [3.8, 4) is 0 Å². The Hall–Kier alpha value is -3.24. The topological polar surface area (TPSA) is 43.3 Å². The number of nitrogens with zero attached hydrogens (tertiary/aromatic N) is 1. The summed E-state index contributed by atoms with van der Waals surface area (Å²) in [6, 6.07) is 27.1. The number of carbonyl (C=O) groups excluding carboxylic acids is 1. The summed E-state index contributed by atoms with van der Waals surface area (Å²) < 4.78 is 7.43. The Labute approximate surface area is 168 Å². The first-order valence-corrected chi connectivity index (χ1v) is 9.37. The van der Waals surface area contributed by atoms with E-state index in [9.17, 15) is 4.79 Å². The number of rotatable bonds is 5. The van der Waals surface area contributed by atoms with Crippen LogP contribution < -0.4 is 5.32 Å². The predicted molar refractivity (Wildman–Crippen MR) is 111 cm³/mol. The summed E-state index contributed by atoms with van der Waals surface area (Å²) in [6.45, 7) is 0.218. The molecule has 0 saturated carbocycles. The van der Waals surface area contributed by atoms with Crippen molar-refractivity contribution < 1.29 is 9.53 Å². The number of hydrogen-bond donors (Lipinski definition) is 1. The normalized spacial score (nSPS) is 11.9. The summed E-state index contributed by atoms with van der Waals surface area (Å²) in [5.74, 6) is 0. The highest BCUT2D eigenvalue weighted by atomic mass is 35.5. The summed E-state index contributed by atoms with van der Waals surface area (Å²) in [5, 5.41) is 4.67. The van der Waals surface area contributed by atoms with Crippen LogP contribution in [0, 0.1) is 0 Å². The maximum atomic E-state index is 12.5. The zero-order chi connectivity index (χ0) is 19.3. The van der Waals surface area contributed by atoms with Crippen LogP contribution in [0.4, 0.5) is 4.79 Å². The SMILES string of the molecule is O=C(NC(c1ccccc1)n1ccc2cc(Cl)ccc21)OCc1ccccc1. The van der Waals surface area contributed by atoms with E-state index in [2.05, 4.69) is 5.32 Å². The maximum Gasteiger partial charge on any atom is 0.409 e. The number of amides is 1. The Morgan fingerprint density at radius 2 is 1.68 bits per heavy atom. The van der Waals surface area contributed by atoms with Crippen molar-refractivity contribution in [2.24, 2.45) is 0 Å². The molecule has 1 amide bonds. The fourth-order valence-electron chi connectivity index (χ4n) is 3.19. The summed E-state index contributed by atoms with van der Waals surface area (Å²) in [4.78, 5) is 12.5. The van der Waals surface area contributed by atoms with Crippen LogP contribution in [0.1, 0.15) is 17.3 Å². The van der Waals surface area contributed by atoms with E-state index in [0.717, 1.165) is 22.0 Å². The van der Waals surface area contributed by atoms with Crippen LogP contribution in [-0.4, -0.2) is 10.7 Å². The van der Waals surface area contributed by atoms with Gasteiger partial charge < -0.3 is 9.30 Å². The number of hydrogen-bond acceptors (Lipinski definition) is 2. The van der Waals surface area contributed by atoms with E-state index in [1.54, 1.807) is 0 Å². The van der Waals surface area contributed by atoms with Gasteiger partial charge in [-0.15, -0.1) is 0 Å². The Balaban J connectivity index is 1.60. The fraction of sp³-hybridized carbons (Fsp3) is 0.0870. The highest BCUT2D eigenvalue weighted by Gasteiger charge is 2.19. The van der Waals surface area contributed by atoms with Gasteiger partial charge in [-0.05, 0) is 35.4 Å². The summed E-state index contributed by atoms with van der Waals surface area (Å²) in [5.41, 5.74) is 2.86. The van der Waals surface area contributed by atoms with Gasteiger partial charge in [-0.3, -0.25) is 5.32 Å². The number of nitrogens with one attached hydrogen (secondary N) is 1. The molecular formula is C23H19ClN2O2. The van der Waals surface area contributed by atoms with Crippen molar-refractivity contribution >= 4 is 28.6 Å². The molecule has 1 aromatic heterocycles. The van der Waals surface area contributed by atoms with Gasteiger partial charge in [0.05, 0.1) is 5.52 Å². The smallest absolute Gasteiger partial charge is 0.409 e. The predicted octanol–water partition coefficient (Wildman–Crippen LogP) is 5.77. The van der Waals surface area contributed by atoms with E-state index in [1.165, 1.54) is 0 Å². The van der Waals surface area contributed by atoms with Crippen molar-refractivity contribution in [3.63, 3.8) is 0 Å². The van der Waals surface area contributed by atoms with E-state index < -0.39 is 12.3 Å². The van der Waals surface area contributed by atoms with E-state index in [4.69, 9.17) is 16.3 Å². The number of aromatic nitrogens is 1. The first-order valence-electron chi connectivity index (χ1n) is 8.99. The van der Waals surface area contributed by atoms with Crippen molar-refractivity contribution in [1.82, 2.24) is 9.88 Å². The molecule has 0 bridgehead atoms. The quantitative estimate of drug-likeness (QED) is 0.470. The number of benzene rings is 3. The van der Waals surface area contributed by atoms with E-state index in [1.807, 2.05) is 95.7 Å². The molecule has 0 fully saturated rings. The molecule has 140 valence electrons. The van der Waals surface area contributed by atoms with Crippen LogP contribution in [-0.2, 0) is 11.3 Å². The zero-order valence-electron chi connectivity index (χ0n) is 15.1. The number of fused-ring (bicyclic) bond motifs is 1. The lowest BCUT2D eigenvalue weighted by atomic mass is 10.1. The van der Waals surface area contributed by atoms with E-state index in [-0.39, 0.29) is 6.61 Å².